The fourth-order valence-electron chi connectivity index (χ4n) is 2.17. The smallest absolute Gasteiger partial charge is 0.305 e. The van der Waals surface area contributed by atoms with E-state index in [1.165, 1.54) is 0 Å². The summed E-state index contributed by atoms with van der Waals surface area (Å²) in [6, 6.07) is 4.89. The predicted octanol–water partition coefficient (Wildman–Crippen LogP) is 1.48. The van der Waals surface area contributed by atoms with Gasteiger partial charge < -0.3 is 15.3 Å². The van der Waals surface area contributed by atoms with Gasteiger partial charge in [0.1, 0.15) is 0 Å². The highest BCUT2D eigenvalue weighted by Crippen LogP contribution is 2.14. The number of Topliss-reactive ketones (excluding diaryl/α,β-unsaturated/α-hetero) is 1. The maximum atomic E-state index is 12.5. The second-order valence-corrected chi connectivity index (χ2v) is 5.59. The first-order chi connectivity index (χ1) is 9.81. The number of likely N-dealkylation sites (N-methyl/N-ethyl adjacent to an activating group) is 1. The van der Waals surface area contributed by atoms with E-state index in [1.54, 1.807) is 6.07 Å². The monoisotopic (exact) mass is 292 g/mol. The maximum Gasteiger partial charge on any atom is 0.305 e. The summed E-state index contributed by atoms with van der Waals surface area (Å²) in [6.07, 6.45) is -0.209. The zero-order valence-corrected chi connectivity index (χ0v) is 13.1. The molecule has 0 radical (unpaired) electrons. The molecule has 116 valence electrons. The Morgan fingerprint density at radius 3 is 2.48 bits per heavy atom. The minimum absolute atomic E-state index is 0.159. The van der Waals surface area contributed by atoms with E-state index < -0.39 is 12.0 Å². The first kappa shape index (κ1) is 17.3. The Hall–Kier alpha value is -1.72. The molecule has 5 nitrogen and oxygen atoms in total. The van der Waals surface area contributed by atoms with E-state index in [0.717, 1.165) is 17.7 Å². The van der Waals surface area contributed by atoms with Gasteiger partial charge in [0.05, 0.1) is 12.5 Å². The molecule has 0 aliphatic heterocycles. The van der Waals surface area contributed by atoms with Crippen LogP contribution in [-0.4, -0.2) is 55.0 Å². The summed E-state index contributed by atoms with van der Waals surface area (Å²) in [5.41, 5.74) is 2.55. The lowest BCUT2D eigenvalue weighted by Gasteiger charge is -2.18. The third-order valence-corrected chi connectivity index (χ3v) is 3.29. The van der Waals surface area contributed by atoms with Crippen molar-refractivity contribution in [1.29, 1.82) is 0 Å². The van der Waals surface area contributed by atoms with Crippen molar-refractivity contribution in [2.24, 2.45) is 0 Å². The van der Waals surface area contributed by atoms with Crippen LogP contribution in [0.15, 0.2) is 18.2 Å². The normalized spacial score (nSPS) is 12.4. The van der Waals surface area contributed by atoms with E-state index in [0.29, 0.717) is 12.1 Å². The molecule has 1 aromatic carbocycles. The Morgan fingerprint density at radius 1 is 1.29 bits per heavy atom. The van der Waals surface area contributed by atoms with Gasteiger partial charge in [0.25, 0.3) is 0 Å². The first-order valence-corrected chi connectivity index (χ1v) is 7.02. The fraction of sp³-hybridized carbons (Fsp3) is 0.500. The van der Waals surface area contributed by atoms with Crippen molar-refractivity contribution in [1.82, 2.24) is 10.2 Å². The van der Waals surface area contributed by atoms with Gasteiger partial charge in [-0.25, -0.2) is 0 Å². The number of carbonyl (C=O) groups is 2. The lowest BCUT2D eigenvalue weighted by atomic mass is 9.96. The molecular formula is C16H24N2O3. The molecule has 0 bridgehead atoms. The number of aryl methyl sites for hydroxylation is 2. The van der Waals surface area contributed by atoms with E-state index in [9.17, 15) is 9.59 Å². The minimum Gasteiger partial charge on any atom is -0.481 e. The predicted molar refractivity (Wildman–Crippen MR) is 82.8 cm³/mol. The molecule has 1 rings (SSSR count). The Bertz CT molecular complexity index is 512. The maximum absolute atomic E-state index is 12.5. The molecule has 1 unspecified atom stereocenters. The number of aliphatic carboxylic acids is 1. The van der Waals surface area contributed by atoms with Crippen LogP contribution >= 0.6 is 0 Å². The highest BCUT2D eigenvalue weighted by atomic mass is 16.4. The Morgan fingerprint density at radius 2 is 1.95 bits per heavy atom. The molecule has 5 heteroatoms. The lowest BCUT2D eigenvalue weighted by Crippen LogP contribution is -2.42. The molecule has 0 aromatic heterocycles. The first-order valence-electron chi connectivity index (χ1n) is 7.02. The summed E-state index contributed by atoms with van der Waals surface area (Å²) in [5.74, 6) is -1.14. The number of hydrogen-bond donors (Lipinski definition) is 2. The largest absolute Gasteiger partial charge is 0.481 e. The molecular weight excluding hydrogens is 268 g/mol. The van der Waals surface area contributed by atoms with Gasteiger partial charge in [0.2, 0.25) is 0 Å². The second-order valence-electron chi connectivity index (χ2n) is 5.59. The molecule has 21 heavy (non-hydrogen) atoms. The Labute approximate surface area is 126 Å². The zero-order valence-electron chi connectivity index (χ0n) is 13.1. The van der Waals surface area contributed by atoms with Gasteiger partial charge in [0.15, 0.2) is 5.78 Å². The van der Waals surface area contributed by atoms with Crippen LogP contribution in [-0.2, 0) is 4.79 Å². The van der Waals surface area contributed by atoms with Crippen molar-refractivity contribution in [3.63, 3.8) is 0 Å². The van der Waals surface area contributed by atoms with Gasteiger partial charge >= 0.3 is 5.97 Å². The second kappa shape index (κ2) is 7.90. The number of carboxylic acids is 1. The van der Waals surface area contributed by atoms with Crippen molar-refractivity contribution in [3.8, 4) is 0 Å². The zero-order chi connectivity index (χ0) is 16.0. The molecule has 0 heterocycles. The highest BCUT2D eigenvalue weighted by Gasteiger charge is 2.23. The summed E-state index contributed by atoms with van der Waals surface area (Å²) in [6.45, 7) is 5.15. The Balaban J connectivity index is 2.85. The van der Waals surface area contributed by atoms with Crippen LogP contribution in [0.5, 0.6) is 0 Å². The average molecular weight is 292 g/mol. The fourth-order valence-corrected chi connectivity index (χ4v) is 2.17. The van der Waals surface area contributed by atoms with Crippen molar-refractivity contribution < 1.29 is 14.7 Å². The topological polar surface area (TPSA) is 69.6 Å². The van der Waals surface area contributed by atoms with Crippen LogP contribution < -0.4 is 5.32 Å². The molecule has 0 saturated carbocycles. The van der Waals surface area contributed by atoms with E-state index in [2.05, 4.69) is 5.32 Å². The number of hydrogen-bond acceptors (Lipinski definition) is 4. The molecule has 0 aliphatic carbocycles. The average Bonchev–Trinajstić information content (AvgIpc) is 2.36. The lowest BCUT2D eigenvalue weighted by molar-refractivity contribution is -0.137. The van der Waals surface area contributed by atoms with Crippen LogP contribution in [0.1, 0.15) is 27.9 Å². The van der Waals surface area contributed by atoms with Crippen molar-refractivity contribution in [2.75, 3.05) is 27.2 Å². The third-order valence-electron chi connectivity index (χ3n) is 3.29. The number of carbonyl (C=O) groups excluding carboxylic acids is 1. The minimum atomic E-state index is -0.976. The number of carboxylic acid groups (broad SMARTS) is 1. The van der Waals surface area contributed by atoms with Gasteiger partial charge in [-0.05, 0) is 33.5 Å². The number of ketones is 1. The number of nitrogens with zero attached hydrogens (tertiary/aromatic N) is 1. The highest BCUT2D eigenvalue weighted by molar-refractivity contribution is 6.02. The summed E-state index contributed by atoms with van der Waals surface area (Å²) in [7, 11) is 3.86. The van der Waals surface area contributed by atoms with E-state index in [-0.39, 0.29) is 12.2 Å². The number of benzene rings is 1. The van der Waals surface area contributed by atoms with Gasteiger partial charge in [-0.2, -0.15) is 0 Å². The SMILES string of the molecule is Cc1ccc(C(=O)C(CC(=O)O)NCCN(C)C)c(C)c1. The van der Waals surface area contributed by atoms with E-state index >= 15 is 0 Å². The van der Waals surface area contributed by atoms with Gasteiger partial charge in [-0.3, -0.25) is 9.59 Å². The van der Waals surface area contributed by atoms with E-state index in [4.69, 9.17) is 5.11 Å². The third kappa shape index (κ3) is 5.65. The molecule has 1 atom stereocenters. The summed E-state index contributed by atoms with van der Waals surface area (Å²) >= 11 is 0. The molecule has 2 N–H and O–H groups in total. The molecule has 0 fully saturated rings. The van der Waals surface area contributed by atoms with Crippen molar-refractivity contribution in [3.05, 3.63) is 34.9 Å². The van der Waals surface area contributed by atoms with Gasteiger partial charge in [-0.1, -0.05) is 23.8 Å². The van der Waals surface area contributed by atoms with Crippen molar-refractivity contribution >= 4 is 11.8 Å². The molecule has 0 spiro atoms. The summed E-state index contributed by atoms with van der Waals surface area (Å²) in [4.78, 5) is 25.5. The molecule has 1 aromatic rings. The van der Waals surface area contributed by atoms with Crippen molar-refractivity contribution in [2.45, 2.75) is 26.3 Å². The van der Waals surface area contributed by atoms with Crippen LogP contribution in [0.3, 0.4) is 0 Å². The van der Waals surface area contributed by atoms with Crippen LogP contribution in [0.25, 0.3) is 0 Å². The van der Waals surface area contributed by atoms with Gasteiger partial charge in [-0.15, -0.1) is 0 Å². The quantitative estimate of drug-likeness (QED) is 0.710. The molecule has 0 amide bonds. The van der Waals surface area contributed by atoms with Gasteiger partial charge in [0, 0.05) is 18.7 Å². The molecule has 0 saturated heterocycles. The number of rotatable bonds is 8. The van der Waals surface area contributed by atoms with Crippen LogP contribution in [0.2, 0.25) is 0 Å². The summed E-state index contributed by atoms with van der Waals surface area (Å²) in [5, 5.41) is 12.0. The van der Waals surface area contributed by atoms with Crippen LogP contribution in [0, 0.1) is 13.8 Å². The standard InChI is InChI=1S/C16H24N2O3/c1-11-5-6-13(12(2)9-11)16(21)14(10-15(19)20)17-7-8-18(3)4/h5-6,9,14,17H,7-8,10H2,1-4H3,(H,19,20). The molecule has 0 aliphatic rings. The summed E-state index contributed by atoms with van der Waals surface area (Å²) < 4.78 is 0. The van der Waals surface area contributed by atoms with Crippen LogP contribution in [0.4, 0.5) is 0 Å². The van der Waals surface area contributed by atoms with E-state index in [1.807, 2.05) is 45.0 Å². The Kier molecular flexibility index (Phi) is 6.52. The number of nitrogens with one attached hydrogen (secondary N) is 1.